The van der Waals surface area contributed by atoms with Crippen molar-refractivity contribution in [3.8, 4) is 11.4 Å². The Morgan fingerprint density at radius 3 is 2.75 bits per heavy atom. The molecule has 6 nitrogen and oxygen atoms in total. The fourth-order valence-corrected chi connectivity index (χ4v) is 4.75. The molecule has 3 heterocycles. The Kier molecular flexibility index (Phi) is 5.67. The minimum atomic E-state index is -0.0230. The Labute approximate surface area is 166 Å². The van der Waals surface area contributed by atoms with Crippen molar-refractivity contribution < 1.29 is 9.53 Å². The smallest absolute Gasteiger partial charge is 0.254 e. The molecular weight excluding hydrogens is 352 g/mol. The normalized spacial score (nSPS) is 22.5. The molecule has 1 amide bonds. The van der Waals surface area contributed by atoms with Crippen LogP contribution in [0.5, 0.6) is 5.75 Å². The lowest BCUT2D eigenvalue weighted by molar-refractivity contribution is 0.0575. The molecule has 2 aromatic rings. The van der Waals surface area contributed by atoms with Gasteiger partial charge in [0.2, 0.25) is 0 Å². The maximum Gasteiger partial charge on any atom is 0.254 e. The quantitative estimate of drug-likeness (QED) is 0.863. The average Bonchev–Trinajstić information content (AvgIpc) is 3.13. The standard InChI is InChI=1S/C22H30N4O2/c1-16-20(15-24-26(16)18-8-10-19(28-2)11-9-18)22(27)23-14-17-6-5-13-25-12-4-3-7-21(17)25/h8-11,15,17,21H,3-7,12-14H2,1-2H3,(H,23,27). The number of rotatable bonds is 5. The third-order valence-corrected chi connectivity index (χ3v) is 6.32. The van der Waals surface area contributed by atoms with Crippen molar-refractivity contribution >= 4 is 5.91 Å². The van der Waals surface area contributed by atoms with Gasteiger partial charge < -0.3 is 15.0 Å². The summed E-state index contributed by atoms with van der Waals surface area (Å²) in [5.74, 6) is 1.34. The van der Waals surface area contributed by atoms with E-state index in [2.05, 4.69) is 15.3 Å². The number of nitrogens with one attached hydrogen (secondary N) is 1. The molecule has 0 aliphatic carbocycles. The van der Waals surface area contributed by atoms with Gasteiger partial charge in [-0.05, 0) is 75.9 Å². The molecule has 150 valence electrons. The van der Waals surface area contributed by atoms with Gasteiger partial charge in [0.1, 0.15) is 5.75 Å². The number of methoxy groups -OCH3 is 1. The lowest BCUT2D eigenvalue weighted by Gasteiger charge is -2.44. The highest BCUT2D eigenvalue weighted by molar-refractivity contribution is 5.95. The number of hydrogen-bond donors (Lipinski definition) is 1. The highest BCUT2D eigenvalue weighted by atomic mass is 16.5. The van der Waals surface area contributed by atoms with Crippen LogP contribution < -0.4 is 10.1 Å². The fourth-order valence-electron chi connectivity index (χ4n) is 4.75. The van der Waals surface area contributed by atoms with Crippen LogP contribution in [0.15, 0.2) is 30.5 Å². The number of ether oxygens (including phenoxy) is 1. The second-order valence-corrected chi connectivity index (χ2v) is 7.96. The highest BCUT2D eigenvalue weighted by Gasteiger charge is 2.33. The Balaban J connectivity index is 1.41. The third kappa shape index (κ3) is 3.78. The van der Waals surface area contributed by atoms with Crippen LogP contribution in [0.4, 0.5) is 0 Å². The molecule has 2 aliphatic heterocycles. The van der Waals surface area contributed by atoms with Gasteiger partial charge in [0, 0.05) is 12.6 Å². The first-order chi connectivity index (χ1) is 13.7. The predicted octanol–water partition coefficient (Wildman–Crippen LogP) is 3.18. The number of piperidine rings is 2. The predicted molar refractivity (Wildman–Crippen MR) is 109 cm³/mol. The summed E-state index contributed by atoms with van der Waals surface area (Å²) < 4.78 is 7.01. The van der Waals surface area contributed by atoms with Crippen LogP contribution in [0.1, 0.15) is 48.2 Å². The first-order valence-corrected chi connectivity index (χ1v) is 10.4. The maximum absolute atomic E-state index is 12.8. The van der Waals surface area contributed by atoms with Crippen LogP contribution in [0, 0.1) is 12.8 Å². The highest BCUT2D eigenvalue weighted by Crippen LogP contribution is 2.30. The molecule has 1 aromatic heterocycles. The van der Waals surface area contributed by atoms with Gasteiger partial charge in [-0.2, -0.15) is 5.10 Å². The van der Waals surface area contributed by atoms with E-state index >= 15 is 0 Å². The topological polar surface area (TPSA) is 59.4 Å². The Morgan fingerprint density at radius 2 is 1.96 bits per heavy atom. The van der Waals surface area contributed by atoms with E-state index in [-0.39, 0.29) is 5.91 Å². The SMILES string of the molecule is COc1ccc(-n2ncc(C(=O)NCC3CCCN4CCCCC34)c2C)cc1. The summed E-state index contributed by atoms with van der Waals surface area (Å²) in [6, 6.07) is 8.33. The summed E-state index contributed by atoms with van der Waals surface area (Å²) in [4.78, 5) is 15.5. The van der Waals surface area contributed by atoms with Gasteiger partial charge in [0.05, 0.1) is 30.3 Å². The van der Waals surface area contributed by atoms with E-state index in [4.69, 9.17) is 4.74 Å². The number of nitrogens with zero attached hydrogens (tertiary/aromatic N) is 3. The van der Waals surface area contributed by atoms with Crippen LogP contribution in [0.25, 0.3) is 5.69 Å². The van der Waals surface area contributed by atoms with Gasteiger partial charge in [0.25, 0.3) is 5.91 Å². The van der Waals surface area contributed by atoms with E-state index in [1.54, 1.807) is 18.0 Å². The molecule has 4 rings (SSSR count). The first kappa shape index (κ1) is 19.0. The zero-order chi connectivity index (χ0) is 19.5. The van der Waals surface area contributed by atoms with Crippen molar-refractivity contribution in [1.29, 1.82) is 0 Å². The Bertz CT molecular complexity index is 812. The molecule has 6 heteroatoms. The van der Waals surface area contributed by atoms with Crippen molar-refractivity contribution in [3.05, 3.63) is 41.7 Å². The van der Waals surface area contributed by atoms with Crippen LogP contribution in [-0.2, 0) is 0 Å². The van der Waals surface area contributed by atoms with Gasteiger partial charge in [-0.15, -0.1) is 0 Å². The lowest BCUT2D eigenvalue weighted by Crippen LogP contribution is -2.51. The zero-order valence-corrected chi connectivity index (χ0v) is 16.9. The van der Waals surface area contributed by atoms with Crippen LogP contribution in [0.2, 0.25) is 0 Å². The molecule has 1 aromatic carbocycles. The van der Waals surface area contributed by atoms with Crippen molar-refractivity contribution in [2.45, 2.75) is 45.1 Å². The number of carbonyl (C=O) groups is 1. The van der Waals surface area contributed by atoms with Gasteiger partial charge in [-0.1, -0.05) is 6.42 Å². The summed E-state index contributed by atoms with van der Waals surface area (Å²) in [6.07, 6.45) is 8.04. The van der Waals surface area contributed by atoms with E-state index in [0.717, 1.165) is 23.7 Å². The number of benzene rings is 1. The molecule has 0 saturated carbocycles. The first-order valence-electron chi connectivity index (χ1n) is 10.4. The minimum absolute atomic E-state index is 0.0230. The number of hydrogen-bond acceptors (Lipinski definition) is 4. The molecule has 2 aliphatic rings. The van der Waals surface area contributed by atoms with E-state index in [1.807, 2.05) is 31.2 Å². The van der Waals surface area contributed by atoms with Gasteiger partial charge >= 0.3 is 0 Å². The summed E-state index contributed by atoms with van der Waals surface area (Å²) in [7, 11) is 1.65. The molecule has 0 bridgehead atoms. The van der Waals surface area contributed by atoms with Crippen molar-refractivity contribution in [2.24, 2.45) is 5.92 Å². The summed E-state index contributed by atoms with van der Waals surface area (Å²) in [5, 5.41) is 7.62. The van der Waals surface area contributed by atoms with Crippen LogP contribution >= 0.6 is 0 Å². The number of aromatic nitrogens is 2. The molecular formula is C22H30N4O2. The molecule has 2 saturated heterocycles. The largest absolute Gasteiger partial charge is 0.497 e. The van der Waals surface area contributed by atoms with Crippen LogP contribution in [0.3, 0.4) is 0 Å². The van der Waals surface area contributed by atoms with Gasteiger partial charge in [0.15, 0.2) is 0 Å². The van der Waals surface area contributed by atoms with Crippen molar-refractivity contribution in [3.63, 3.8) is 0 Å². The minimum Gasteiger partial charge on any atom is -0.497 e. The molecule has 2 atom stereocenters. The summed E-state index contributed by atoms with van der Waals surface area (Å²) in [6.45, 7) is 5.15. The molecule has 0 radical (unpaired) electrons. The monoisotopic (exact) mass is 382 g/mol. The van der Waals surface area contributed by atoms with Gasteiger partial charge in [-0.3, -0.25) is 4.79 Å². The number of fused-ring (bicyclic) bond motifs is 1. The van der Waals surface area contributed by atoms with E-state index in [9.17, 15) is 4.79 Å². The van der Waals surface area contributed by atoms with Crippen LogP contribution in [-0.4, -0.2) is 53.4 Å². The molecule has 0 spiro atoms. The number of carbonyl (C=O) groups excluding carboxylic acids is 1. The lowest BCUT2D eigenvalue weighted by atomic mass is 9.83. The summed E-state index contributed by atoms with van der Waals surface area (Å²) in [5.41, 5.74) is 2.42. The molecule has 28 heavy (non-hydrogen) atoms. The van der Waals surface area contributed by atoms with E-state index in [1.165, 1.54) is 45.2 Å². The fraction of sp³-hybridized carbons (Fsp3) is 0.545. The van der Waals surface area contributed by atoms with Crippen molar-refractivity contribution in [1.82, 2.24) is 20.0 Å². The molecule has 1 N–H and O–H groups in total. The van der Waals surface area contributed by atoms with Gasteiger partial charge in [-0.25, -0.2) is 4.68 Å². The Hall–Kier alpha value is -2.34. The Morgan fingerprint density at radius 1 is 1.18 bits per heavy atom. The summed E-state index contributed by atoms with van der Waals surface area (Å²) >= 11 is 0. The second kappa shape index (κ2) is 8.35. The van der Waals surface area contributed by atoms with E-state index < -0.39 is 0 Å². The van der Waals surface area contributed by atoms with Crippen molar-refractivity contribution in [2.75, 3.05) is 26.7 Å². The number of amides is 1. The third-order valence-electron chi connectivity index (χ3n) is 6.32. The van der Waals surface area contributed by atoms with E-state index in [0.29, 0.717) is 17.5 Å². The second-order valence-electron chi connectivity index (χ2n) is 7.96. The maximum atomic E-state index is 12.8. The molecule has 2 unspecified atom stereocenters. The molecule has 2 fully saturated rings. The average molecular weight is 383 g/mol. The zero-order valence-electron chi connectivity index (χ0n) is 16.9.